The molecule has 0 aliphatic carbocycles. The molecule has 0 heterocycles. The molecule has 0 unspecified atom stereocenters. The van der Waals surface area contributed by atoms with E-state index in [1.54, 1.807) is 30.3 Å². The van der Waals surface area contributed by atoms with Crippen molar-refractivity contribution in [2.45, 2.75) is 27.2 Å². The largest absolute Gasteiger partial charge is 0.461 e. The van der Waals surface area contributed by atoms with Crippen molar-refractivity contribution >= 4 is 11.9 Å². The van der Waals surface area contributed by atoms with Gasteiger partial charge in [0, 0.05) is 5.56 Å². The number of carbonyl (C=O) groups excluding carboxylic acids is 2. The first-order valence-corrected chi connectivity index (χ1v) is 6.80. The first-order valence-electron chi connectivity index (χ1n) is 6.80. The van der Waals surface area contributed by atoms with Gasteiger partial charge >= 0.3 is 5.97 Å². The Balaban J connectivity index is 2.80. The maximum absolute atomic E-state index is 12.1. The van der Waals surface area contributed by atoms with Gasteiger partial charge in [-0.25, -0.2) is 4.79 Å². The zero-order chi connectivity index (χ0) is 15.0. The maximum atomic E-state index is 12.1. The van der Waals surface area contributed by atoms with E-state index < -0.39 is 5.97 Å². The molecule has 0 saturated heterocycles. The number of carbonyl (C=O) groups is 2. The molecule has 20 heavy (non-hydrogen) atoms. The van der Waals surface area contributed by atoms with Crippen LogP contribution in [0.3, 0.4) is 0 Å². The molecule has 108 valence electrons. The summed E-state index contributed by atoms with van der Waals surface area (Å²) in [5.41, 5.74) is 0.702. The second-order valence-electron chi connectivity index (χ2n) is 4.78. The first-order chi connectivity index (χ1) is 9.54. The van der Waals surface area contributed by atoms with E-state index >= 15 is 0 Å². The van der Waals surface area contributed by atoms with Gasteiger partial charge in [-0.3, -0.25) is 4.79 Å². The van der Waals surface area contributed by atoms with Crippen molar-refractivity contribution in [1.82, 2.24) is 5.32 Å². The van der Waals surface area contributed by atoms with Crippen LogP contribution in [-0.2, 0) is 9.53 Å². The third-order valence-electron chi connectivity index (χ3n) is 2.44. The minimum Gasteiger partial charge on any atom is -0.461 e. The molecule has 0 aromatic heterocycles. The molecule has 1 rings (SSSR count). The zero-order valence-corrected chi connectivity index (χ0v) is 12.2. The van der Waals surface area contributed by atoms with Crippen LogP contribution in [0.2, 0.25) is 0 Å². The molecule has 1 aromatic rings. The average Bonchev–Trinajstić information content (AvgIpc) is 2.44. The van der Waals surface area contributed by atoms with Gasteiger partial charge in [0.2, 0.25) is 0 Å². The van der Waals surface area contributed by atoms with Crippen molar-refractivity contribution in [2.75, 3.05) is 6.61 Å². The number of hydrogen-bond donors (Lipinski definition) is 1. The Kier molecular flexibility index (Phi) is 6.50. The smallest absolute Gasteiger partial charge is 0.354 e. The molecular formula is C16H21NO3. The van der Waals surface area contributed by atoms with Crippen LogP contribution >= 0.6 is 0 Å². The van der Waals surface area contributed by atoms with Gasteiger partial charge in [-0.15, -0.1) is 0 Å². The summed E-state index contributed by atoms with van der Waals surface area (Å²) in [6.07, 6.45) is 2.44. The van der Waals surface area contributed by atoms with E-state index in [1.165, 1.54) is 0 Å². The van der Waals surface area contributed by atoms with E-state index in [0.29, 0.717) is 12.2 Å². The van der Waals surface area contributed by atoms with Gasteiger partial charge in [0.25, 0.3) is 5.91 Å². The van der Waals surface area contributed by atoms with E-state index in [-0.39, 0.29) is 17.5 Å². The number of rotatable bonds is 6. The fourth-order valence-corrected chi connectivity index (χ4v) is 1.55. The SMILES string of the molecule is CCCOC(=O)C(=CC(C)C)NC(=O)c1ccccc1. The normalized spacial score (nSPS) is 11.3. The fraction of sp³-hybridized carbons (Fsp3) is 0.375. The zero-order valence-electron chi connectivity index (χ0n) is 12.2. The Morgan fingerprint density at radius 3 is 2.45 bits per heavy atom. The van der Waals surface area contributed by atoms with Crippen molar-refractivity contribution in [1.29, 1.82) is 0 Å². The summed E-state index contributed by atoms with van der Waals surface area (Å²) in [6, 6.07) is 8.77. The third-order valence-corrected chi connectivity index (χ3v) is 2.44. The van der Waals surface area contributed by atoms with E-state index in [0.717, 1.165) is 6.42 Å². The molecule has 0 aliphatic rings. The number of hydrogen-bond acceptors (Lipinski definition) is 3. The molecule has 4 heteroatoms. The molecule has 1 aromatic carbocycles. The van der Waals surface area contributed by atoms with Crippen molar-refractivity contribution in [3.8, 4) is 0 Å². The summed E-state index contributed by atoms with van der Waals surface area (Å²) in [4.78, 5) is 24.0. The van der Waals surface area contributed by atoms with Crippen molar-refractivity contribution in [3.63, 3.8) is 0 Å². The Labute approximate surface area is 119 Å². The van der Waals surface area contributed by atoms with E-state index in [4.69, 9.17) is 4.74 Å². The topological polar surface area (TPSA) is 55.4 Å². The second-order valence-corrected chi connectivity index (χ2v) is 4.78. The predicted molar refractivity (Wildman–Crippen MR) is 78.1 cm³/mol. The minimum atomic E-state index is -0.496. The highest BCUT2D eigenvalue weighted by atomic mass is 16.5. The number of benzene rings is 1. The first kappa shape index (κ1) is 16.0. The number of nitrogens with one attached hydrogen (secondary N) is 1. The highest BCUT2D eigenvalue weighted by molar-refractivity contribution is 6.01. The van der Waals surface area contributed by atoms with Crippen LogP contribution in [0.5, 0.6) is 0 Å². The van der Waals surface area contributed by atoms with Gasteiger partial charge in [0.05, 0.1) is 6.61 Å². The lowest BCUT2D eigenvalue weighted by Crippen LogP contribution is -2.29. The molecular weight excluding hydrogens is 254 g/mol. The van der Waals surface area contributed by atoms with Crippen molar-refractivity contribution < 1.29 is 14.3 Å². The lowest BCUT2D eigenvalue weighted by molar-refractivity contribution is -0.139. The van der Waals surface area contributed by atoms with Crippen LogP contribution in [0.1, 0.15) is 37.6 Å². The highest BCUT2D eigenvalue weighted by Crippen LogP contribution is 2.05. The van der Waals surface area contributed by atoms with Crippen LogP contribution < -0.4 is 5.32 Å². The average molecular weight is 275 g/mol. The third kappa shape index (κ3) is 5.26. The molecule has 4 nitrogen and oxygen atoms in total. The summed E-state index contributed by atoms with van der Waals surface area (Å²) in [5, 5.41) is 2.62. The Morgan fingerprint density at radius 1 is 1.25 bits per heavy atom. The minimum absolute atomic E-state index is 0.134. The van der Waals surface area contributed by atoms with E-state index in [1.807, 2.05) is 26.8 Å². The quantitative estimate of drug-likeness (QED) is 0.641. The lowest BCUT2D eigenvalue weighted by Gasteiger charge is -2.11. The molecule has 0 bridgehead atoms. The van der Waals surface area contributed by atoms with Gasteiger partial charge in [-0.2, -0.15) is 0 Å². The molecule has 1 N–H and O–H groups in total. The van der Waals surface area contributed by atoms with E-state index in [9.17, 15) is 9.59 Å². The van der Waals surface area contributed by atoms with Crippen molar-refractivity contribution in [2.24, 2.45) is 5.92 Å². The Hall–Kier alpha value is -2.10. The Bertz CT molecular complexity index is 478. The van der Waals surface area contributed by atoms with Gasteiger partial charge in [-0.05, 0) is 24.5 Å². The summed E-state index contributed by atoms with van der Waals surface area (Å²) >= 11 is 0. The van der Waals surface area contributed by atoms with Gasteiger partial charge in [-0.1, -0.05) is 45.0 Å². The fourth-order valence-electron chi connectivity index (χ4n) is 1.55. The summed E-state index contributed by atoms with van der Waals surface area (Å²) in [5.74, 6) is -0.675. The van der Waals surface area contributed by atoms with Gasteiger partial charge in [0.1, 0.15) is 5.70 Å². The molecule has 0 spiro atoms. The molecule has 0 atom stereocenters. The van der Waals surface area contributed by atoms with Gasteiger partial charge < -0.3 is 10.1 Å². The molecule has 0 fully saturated rings. The Morgan fingerprint density at radius 2 is 1.90 bits per heavy atom. The predicted octanol–water partition coefficient (Wildman–Crippen LogP) is 2.91. The monoisotopic (exact) mass is 275 g/mol. The summed E-state index contributed by atoms with van der Waals surface area (Å²) in [7, 11) is 0. The summed E-state index contributed by atoms with van der Waals surface area (Å²) < 4.78 is 5.07. The maximum Gasteiger partial charge on any atom is 0.354 e. The molecule has 1 amide bonds. The number of amides is 1. The number of esters is 1. The van der Waals surface area contributed by atoms with Crippen LogP contribution in [0.15, 0.2) is 42.1 Å². The number of ether oxygens (including phenoxy) is 1. The van der Waals surface area contributed by atoms with Crippen LogP contribution in [0.25, 0.3) is 0 Å². The van der Waals surface area contributed by atoms with Gasteiger partial charge in [0.15, 0.2) is 0 Å². The molecule has 0 aliphatic heterocycles. The highest BCUT2D eigenvalue weighted by Gasteiger charge is 2.15. The van der Waals surface area contributed by atoms with Crippen LogP contribution in [0.4, 0.5) is 0 Å². The van der Waals surface area contributed by atoms with Crippen LogP contribution in [-0.4, -0.2) is 18.5 Å². The lowest BCUT2D eigenvalue weighted by atomic mass is 10.1. The summed E-state index contributed by atoms with van der Waals surface area (Å²) in [6.45, 7) is 6.13. The standard InChI is InChI=1S/C16H21NO3/c1-4-10-20-16(19)14(11-12(2)3)17-15(18)13-8-6-5-7-9-13/h5-9,11-12H,4,10H2,1-3H3,(H,17,18). The number of allylic oxidation sites excluding steroid dienone is 1. The second kappa shape index (κ2) is 8.15. The van der Waals surface area contributed by atoms with Crippen LogP contribution in [0, 0.1) is 5.92 Å². The van der Waals surface area contributed by atoms with E-state index in [2.05, 4.69) is 5.32 Å². The molecule has 0 saturated carbocycles. The molecule has 0 radical (unpaired) electrons. The van der Waals surface area contributed by atoms with Crippen molar-refractivity contribution in [3.05, 3.63) is 47.7 Å².